The number of furan rings is 1. The number of aliphatic hydroxyl groups excluding tert-OH is 1. The Hall–Kier alpha value is -1.75. The van der Waals surface area contributed by atoms with Gasteiger partial charge in [0.2, 0.25) is 0 Å². The minimum atomic E-state index is -0.871. The summed E-state index contributed by atoms with van der Waals surface area (Å²) in [6, 6.07) is 3.60. The Balaban J connectivity index is 2.45. The highest BCUT2D eigenvalue weighted by Crippen LogP contribution is 2.31. The van der Waals surface area contributed by atoms with E-state index in [9.17, 15) is 5.11 Å². The molecule has 2 aromatic rings. The molecule has 5 heteroatoms. The van der Waals surface area contributed by atoms with Crippen molar-refractivity contribution in [3.8, 4) is 5.75 Å². The quantitative estimate of drug-likeness (QED) is 0.883. The summed E-state index contributed by atoms with van der Waals surface area (Å²) in [7, 11) is 1.56. The largest absolute Gasteiger partial charge is 0.493 e. The maximum atomic E-state index is 10.3. The normalized spacial score (nSPS) is 13.0. The summed E-state index contributed by atoms with van der Waals surface area (Å²) in [6.45, 7) is 3.98. The summed E-state index contributed by atoms with van der Waals surface area (Å²) in [5, 5.41) is 14.5. The third-order valence-corrected chi connectivity index (χ3v) is 2.58. The molecule has 1 unspecified atom stereocenters. The van der Waals surface area contributed by atoms with Gasteiger partial charge in [0.05, 0.1) is 19.6 Å². The van der Waals surface area contributed by atoms with Gasteiger partial charge < -0.3 is 14.3 Å². The third kappa shape index (κ3) is 2.06. The van der Waals surface area contributed by atoms with Crippen LogP contribution in [-0.2, 0) is 0 Å². The Morgan fingerprint density at radius 1 is 1.47 bits per heavy atom. The van der Waals surface area contributed by atoms with Crippen LogP contribution in [0.2, 0.25) is 0 Å². The molecule has 2 heterocycles. The molecule has 0 aliphatic heterocycles. The maximum Gasteiger partial charge on any atom is 0.163 e. The minimum Gasteiger partial charge on any atom is -0.493 e. The molecule has 0 amide bonds. The second kappa shape index (κ2) is 4.63. The first-order valence-electron chi connectivity index (χ1n) is 5.48. The molecule has 0 saturated carbocycles. The Bertz CT molecular complexity index is 474. The average molecular weight is 236 g/mol. The monoisotopic (exact) mass is 236 g/mol. The van der Waals surface area contributed by atoms with Crippen molar-refractivity contribution < 1.29 is 14.3 Å². The SMILES string of the molecule is COc1cnn(C(C)C)c1C(O)c1ccco1. The smallest absolute Gasteiger partial charge is 0.163 e. The van der Waals surface area contributed by atoms with E-state index in [1.54, 1.807) is 30.1 Å². The summed E-state index contributed by atoms with van der Waals surface area (Å²) >= 11 is 0. The van der Waals surface area contributed by atoms with Gasteiger partial charge in [-0.25, -0.2) is 0 Å². The highest BCUT2D eigenvalue weighted by atomic mass is 16.5. The van der Waals surface area contributed by atoms with Crippen molar-refractivity contribution in [2.24, 2.45) is 0 Å². The van der Waals surface area contributed by atoms with E-state index < -0.39 is 6.10 Å². The first kappa shape index (κ1) is 11.7. The van der Waals surface area contributed by atoms with Gasteiger partial charge >= 0.3 is 0 Å². The topological polar surface area (TPSA) is 60.4 Å². The summed E-state index contributed by atoms with van der Waals surface area (Å²) in [6.07, 6.45) is 2.26. The molecule has 0 bridgehead atoms. The van der Waals surface area contributed by atoms with E-state index in [0.717, 1.165) is 0 Å². The van der Waals surface area contributed by atoms with Gasteiger partial charge in [-0.2, -0.15) is 5.10 Å². The van der Waals surface area contributed by atoms with E-state index in [1.165, 1.54) is 6.26 Å². The van der Waals surface area contributed by atoms with E-state index in [1.807, 2.05) is 13.8 Å². The predicted octanol–water partition coefficient (Wildman–Crippen LogP) is 2.15. The molecule has 2 rings (SSSR count). The zero-order valence-corrected chi connectivity index (χ0v) is 10.1. The molecule has 0 aliphatic carbocycles. The molecule has 92 valence electrons. The van der Waals surface area contributed by atoms with Gasteiger partial charge in [0.1, 0.15) is 11.5 Å². The third-order valence-electron chi connectivity index (χ3n) is 2.58. The lowest BCUT2D eigenvalue weighted by atomic mass is 10.2. The van der Waals surface area contributed by atoms with Crippen molar-refractivity contribution in [2.45, 2.75) is 26.0 Å². The number of hydrogen-bond acceptors (Lipinski definition) is 4. The summed E-state index contributed by atoms with van der Waals surface area (Å²) in [5.41, 5.74) is 0.609. The highest BCUT2D eigenvalue weighted by Gasteiger charge is 2.24. The van der Waals surface area contributed by atoms with Crippen LogP contribution in [0.5, 0.6) is 5.75 Å². The lowest BCUT2D eigenvalue weighted by molar-refractivity contribution is 0.172. The first-order valence-corrected chi connectivity index (χ1v) is 5.48. The van der Waals surface area contributed by atoms with Gasteiger partial charge in [-0.15, -0.1) is 0 Å². The second-order valence-corrected chi connectivity index (χ2v) is 4.05. The standard InChI is InChI=1S/C12H16N2O3/c1-8(2)14-11(10(16-3)7-13-14)12(15)9-5-4-6-17-9/h4-8,12,15H,1-3H3. The molecule has 0 saturated heterocycles. The van der Waals surface area contributed by atoms with Crippen molar-refractivity contribution in [3.05, 3.63) is 36.0 Å². The molecule has 1 atom stereocenters. The Morgan fingerprint density at radius 3 is 2.76 bits per heavy atom. The summed E-state index contributed by atoms with van der Waals surface area (Å²) in [4.78, 5) is 0. The van der Waals surface area contributed by atoms with Gasteiger partial charge in [-0.3, -0.25) is 4.68 Å². The predicted molar refractivity (Wildman–Crippen MR) is 61.9 cm³/mol. The van der Waals surface area contributed by atoms with Crippen LogP contribution < -0.4 is 4.74 Å². The lowest BCUT2D eigenvalue weighted by Gasteiger charge is -2.15. The molecule has 2 aromatic heterocycles. The van der Waals surface area contributed by atoms with Crippen molar-refractivity contribution >= 4 is 0 Å². The molecule has 1 N–H and O–H groups in total. The number of aromatic nitrogens is 2. The van der Waals surface area contributed by atoms with Gasteiger partial charge in [0, 0.05) is 6.04 Å². The van der Waals surface area contributed by atoms with Gasteiger partial charge in [0.25, 0.3) is 0 Å². The molecule has 0 spiro atoms. The van der Waals surface area contributed by atoms with Gasteiger partial charge in [-0.05, 0) is 26.0 Å². The fourth-order valence-electron chi connectivity index (χ4n) is 1.77. The Labute approximate surface area is 99.6 Å². The number of methoxy groups -OCH3 is 1. The number of nitrogens with zero attached hydrogens (tertiary/aromatic N) is 2. The molecule has 5 nitrogen and oxygen atoms in total. The molecule has 17 heavy (non-hydrogen) atoms. The summed E-state index contributed by atoms with van der Waals surface area (Å²) in [5.74, 6) is 1.04. The van der Waals surface area contributed by atoms with Crippen molar-refractivity contribution in [1.29, 1.82) is 0 Å². The molecule has 0 fully saturated rings. The van der Waals surface area contributed by atoms with Crippen LogP contribution >= 0.6 is 0 Å². The molecule has 0 aliphatic rings. The highest BCUT2D eigenvalue weighted by molar-refractivity contribution is 5.31. The Kier molecular flexibility index (Phi) is 3.19. The van der Waals surface area contributed by atoms with Crippen molar-refractivity contribution in [2.75, 3.05) is 7.11 Å². The van der Waals surface area contributed by atoms with Crippen molar-refractivity contribution in [3.63, 3.8) is 0 Å². The number of ether oxygens (including phenoxy) is 1. The van der Waals surface area contributed by atoms with E-state index in [2.05, 4.69) is 5.10 Å². The van der Waals surface area contributed by atoms with Crippen LogP contribution in [0.15, 0.2) is 29.0 Å². The van der Waals surface area contributed by atoms with Crippen LogP contribution in [0.3, 0.4) is 0 Å². The zero-order chi connectivity index (χ0) is 12.4. The molecular formula is C12H16N2O3. The number of rotatable bonds is 4. The van der Waals surface area contributed by atoms with Crippen LogP contribution in [-0.4, -0.2) is 22.0 Å². The van der Waals surface area contributed by atoms with Crippen LogP contribution in [0.25, 0.3) is 0 Å². The van der Waals surface area contributed by atoms with Crippen LogP contribution in [0.1, 0.15) is 37.4 Å². The van der Waals surface area contributed by atoms with E-state index in [-0.39, 0.29) is 6.04 Å². The molecule has 0 radical (unpaired) electrons. The van der Waals surface area contributed by atoms with Gasteiger partial charge in [-0.1, -0.05) is 0 Å². The average Bonchev–Trinajstić information content (AvgIpc) is 2.96. The minimum absolute atomic E-state index is 0.138. The van der Waals surface area contributed by atoms with Gasteiger partial charge in [0.15, 0.2) is 11.9 Å². The van der Waals surface area contributed by atoms with Crippen LogP contribution in [0, 0.1) is 0 Å². The zero-order valence-electron chi connectivity index (χ0n) is 10.1. The number of aliphatic hydroxyl groups is 1. The number of hydrogen-bond donors (Lipinski definition) is 1. The fraction of sp³-hybridized carbons (Fsp3) is 0.417. The van der Waals surface area contributed by atoms with Crippen molar-refractivity contribution in [1.82, 2.24) is 9.78 Å². The maximum absolute atomic E-state index is 10.3. The summed E-state index contributed by atoms with van der Waals surface area (Å²) < 4.78 is 12.1. The van der Waals surface area contributed by atoms with Crippen LogP contribution in [0.4, 0.5) is 0 Å². The molecule has 0 aromatic carbocycles. The first-order chi connectivity index (χ1) is 8.15. The van der Waals surface area contributed by atoms with E-state index in [4.69, 9.17) is 9.15 Å². The van der Waals surface area contributed by atoms with E-state index >= 15 is 0 Å². The van der Waals surface area contributed by atoms with E-state index in [0.29, 0.717) is 17.2 Å². The lowest BCUT2D eigenvalue weighted by Crippen LogP contribution is -2.12. The molecular weight excluding hydrogens is 220 g/mol. The Morgan fingerprint density at radius 2 is 2.24 bits per heavy atom. The fourth-order valence-corrected chi connectivity index (χ4v) is 1.77. The second-order valence-electron chi connectivity index (χ2n) is 4.05.